The van der Waals surface area contributed by atoms with Gasteiger partial charge in [0, 0.05) is 17.8 Å². The first-order valence-electron chi connectivity index (χ1n) is 9.56. The van der Waals surface area contributed by atoms with Crippen LogP contribution in [0.2, 0.25) is 0 Å². The summed E-state index contributed by atoms with van der Waals surface area (Å²) in [7, 11) is 0. The minimum absolute atomic E-state index is 0.00881. The number of halogens is 1. The predicted molar refractivity (Wildman–Crippen MR) is 97.7 cm³/mol. The van der Waals surface area contributed by atoms with E-state index in [4.69, 9.17) is 0 Å². The maximum Gasteiger partial charge on any atom is 0.319 e. The molecule has 4 saturated carbocycles. The lowest BCUT2D eigenvalue weighted by Crippen LogP contribution is -2.61. The molecule has 1 aromatic rings. The van der Waals surface area contributed by atoms with Crippen LogP contribution >= 0.6 is 11.8 Å². The van der Waals surface area contributed by atoms with E-state index in [2.05, 4.69) is 5.32 Å². The van der Waals surface area contributed by atoms with E-state index in [0.29, 0.717) is 0 Å². The molecule has 5 aliphatic rings. The fraction of sp³-hybridized carbons (Fsp3) is 0.650. The van der Waals surface area contributed by atoms with Crippen molar-refractivity contribution < 1.29 is 9.18 Å². The number of hydrogen-bond acceptors (Lipinski definition) is 2. The largest absolute Gasteiger partial charge is 0.332 e. The second-order valence-electron chi connectivity index (χ2n) is 8.60. The van der Waals surface area contributed by atoms with Crippen LogP contribution in [0.3, 0.4) is 0 Å². The van der Waals surface area contributed by atoms with E-state index in [0.717, 1.165) is 35.6 Å². The first kappa shape index (κ1) is 16.0. The molecule has 0 radical (unpaired) electrons. The van der Waals surface area contributed by atoms with E-state index in [-0.39, 0.29) is 22.8 Å². The summed E-state index contributed by atoms with van der Waals surface area (Å²) in [5, 5.41) is 3.49. The van der Waals surface area contributed by atoms with Gasteiger partial charge in [0.15, 0.2) is 0 Å². The summed E-state index contributed by atoms with van der Waals surface area (Å²) < 4.78 is 13.2. The molecule has 1 heterocycles. The summed E-state index contributed by atoms with van der Waals surface area (Å²) in [6, 6.07) is 6.68. The SMILES string of the molecule is O=C(NC12CC3CC(CC(C3)C1)C2)N1CCSC1c1ccc(F)cc1. The molecule has 1 aliphatic heterocycles. The fourth-order valence-electron chi connectivity index (χ4n) is 6.14. The molecule has 5 fully saturated rings. The highest BCUT2D eigenvalue weighted by molar-refractivity contribution is 7.99. The van der Waals surface area contributed by atoms with Gasteiger partial charge in [0.1, 0.15) is 11.2 Å². The van der Waals surface area contributed by atoms with Crippen molar-refractivity contribution in [2.24, 2.45) is 17.8 Å². The van der Waals surface area contributed by atoms with Gasteiger partial charge in [-0.3, -0.25) is 0 Å². The van der Waals surface area contributed by atoms with Crippen LogP contribution in [0, 0.1) is 23.6 Å². The topological polar surface area (TPSA) is 32.3 Å². The Labute approximate surface area is 152 Å². The van der Waals surface area contributed by atoms with Crippen LogP contribution in [0.25, 0.3) is 0 Å². The highest BCUT2D eigenvalue weighted by Crippen LogP contribution is 2.55. The number of thioether (sulfide) groups is 1. The molecule has 2 amide bonds. The van der Waals surface area contributed by atoms with Crippen LogP contribution in [-0.4, -0.2) is 28.8 Å². The Morgan fingerprint density at radius 3 is 2.28 bits per heavy atom. The summed E-state index contributed by atoms with van der Waals surface area (Å²) in [5.74, 6) is 3.19. The molecule has 5 heteroatoms. The van der Waals surface area contributed by atoms with Crippen molar-refractivity contribution in [3.05, 3.63) is 35.6 Å². The van der Waals surface area contributed by atoms with E-state index in [9.17, 15) is 9.18 Å². The summed E-state index contributed by atoms with van der Waals surface area (Å²) in [6.45, 7) is 0.769. The van der Waals surface area contributed by atoms with Gasteiger partial charge in [-0.1, -0.05) is 12.1 Å². The van der Waals surface area contributed by atoms with Crippen molar-refractivity contribution in [2.45, 2.75) is 49.4 Å². The van der Waals surface area contributed by atoms with Gasteiger partial charge in [-0.25, -0.2) is 9.18 Å². The van der Waals surface area contributed by atoms with E-state index in [1.54, 1.807) is 11.8 Å². The second kappa shape index (κ2) is 5.90. The van der Waals surface area contributed by atoms with Crippen molar-refractivity contribution in [2.75, 3.05) is 12.3 Å². The molecule has 1 saturated heterocycles. The molecule has 134 valence electrons. The fourth-order valence-corrected chi connectivity index (χ4v) is 7.40. The quantitative estimate of drug-likeness (QED) is 0.839. The smallest absolute Gasteiger partial charge is 0.319 e. The third-order valence-corrected chi connectivity index (χ3v) is 7.98. The van der Waals surface area contributed by atoms with Crippen LogP contribution in [0.15, 0.2) is 24.3 Å². The van der Waals surface area contributed by atoms with Gasteiger partial charge in [-0.15, -0.1) is 11.8 Å². The zero-order chi connectivity index (χ0) is 17.0. The molecular formula is C20H25FN2OS. The summed E-state index contributed by atoms with van der Waals surface area (Å²) >= 11 is 1.77. The summed E-state index contributed by atoms with van der Waals surface area (Å²) in [6.07, 6.45) is 7.67. The average molecular weight is 360 g/mol. The lowest BCUT2D eigenvalue weighted by molar-refractivity contribution is -0.0156. The van der Waals surface area contributed by atoms with Gasteiger partial charge in [-0.05, 0) is 74.0 Å². The molecule has 6 rings (SSSR count). The van der Waals surface area contributed by atoms with Crippen molar-refractivity contribution in [1.82, 2.24) is 10.2 Å². The number of benzene rings is 1. The minimum atomic E-state index is -0.226. The zero-order valence-corrected chi connectivity index (χ0v) is 15.2. The second-order valence-corrected chi connectivity index (χ2v) is 9.78. The van der Waals surface area contributed by atoms with E-state index < -0.39 is 0 Å². The number of carbonyl (C=O) groups is 1. The maximum absolute atomic E-state index is 13.2. The molecule has 1 N–H and O–H groups in total. The molecule has 1 unspecified atom stereocenters. The molecule has 0 spiro atoms. The van der Waals surface area contributed by atoms with Gasteiger partial charge in [0.2, 0.25) is 0 Å². The third-order valence-electron chi connectivity index (χ3n) is 6.72. The predicted octanol–water partition coefficient (Wildman–Crippen LogP) is 4.55. The van der Waals surface area contributed by atoms with E-state index in [1.165, 1.54) is 50.7 Å². The highest BCUT2D eigenvalue weighted by Gasteiger charge is 2.52. The molecule has 1 atom stereocenters. The van der Waals surface area contributed by atoms with Crippen LogP contribution in [0.1, 0.15) is 49.5 Å². The number of nitrogens with zero attached hydrogens (tertiary/aromatic N) is 1. The summed E-state index contributed by atoms with van der Waals surface area (Å²) in [4.78, 5) is 15.1. The highest BCUT2D eigenvalue weighted by atomic mass is 32.2. The van der Waals surface area contributed by atoms with E-state index in [1.807, 2.05) is 17.0 Å². The Bertz CT molecular complexity index is 641. The molecule has 1 aromatic carbocycles. The number of urea groups is 1. The number of rotatable bonds is 2. The van der Waals surface area contributed by atoms with Crippen LogP contribution < -0.4 is 5.32 Å². The Morgan fingerprint density at radius 2 is 1.68 bits per heavy atom. The number of nitrogens with one attached hydrogen (secondary N) is 1. The first-order chi connectivity index (χ1) is 12.1. The normalized spacial score (nSPS) is 39.0. The first-order valence-corrected chi connectivity index (χ1v) is 10.6. The lowest BCUT2D eigenvalue weighted by atomic mass is 9.53. The molecule has 0 aromatic heterocycles. The Hall–Kier alpha value is -1.23. The Morgan fingerprint density at radius 1 is 1.08 bits per heavy atom. The average Bonchev–Trinajstić information content (AvgIpc) is 3.03. The maximum atomic E-state index is 13.2. The minimum Gasteiger partial charge on any atom is -0.332 e. The zero-order valence-electron chi connectivity index (χ0n) is 14.4. The monoisotopic (exact) mass is 360 g/mol. The lowest BCUT2D eigenvalue weighted by Gasteiger charge is -2.57. The molecular weight excluding hydrogens is 335 g/mol. The van der Waals surface area contributed by atoms with Crippen molar-refractivity contribution >= 4 is 17.8 Å². The van der Waals surface area contributed by atoms with Gasteiger partial charge in [-0.2, -0.15) is 0 Å². The standard InChI is InChI=1S/C20H25FN2OS/c21-17-3-1-16(2-4-17)18-23(5-6-25-18)19(24)22-20-10-13-7-14(11-20)9-15(8-13)12-20/h1-4,13-15,18H,5-12H2,(H,22,24). The Balaban J connectivity index is 1.33. The number of hydrogen-bond donors (Lipinski definition) is 1. The third kappa shape index (κ3) is 2.84. The molecule has 4 bridgehead atoms. The van der Waals surface area contributed by atoms with E-state index >= 15 is 0 Å². The van der Waals surface area contributed by atoms with Crippen molar-refractivity contribution in [1.29, 1.82) is 0 Å². The summed E-state index contributed by atoms with van der Waals surface area (Å²) in [5.41, 5.74) is 1.07. The number of carbonyl (C=O) groups excluding carboxylic acids is 1. The van der Waals surface area contributed by atoms with Crippen molar-refractivity contribution in [3.8, 4) is 0 Å². The molecule has 3 nitrogen and oxygen atoms in total. The molecule has 25 heavy (non-hydrogen) atoms. The van der Waals surface area contributed by atoms with Crippen LogP contribution in [-0.2, 0) is 0 Å². The Kier molecular flexibility index (Phi) is 3.77. The number of amides is 2. The molecule has 4 aliphatic carbocycles. The van der Waals surface area contributed by atoms with Gasteiger partial charge >= 0.3 is 6.03 Å². The van der Waals surface area contributed by atoms with Gasteiger partial charge in [0.25, 0.3) is 0 Å². The van der Waals surface area contributed by atoms with Gasteiger partial charge < -0.3 is 10.2 Å². The van der Waals surface area contributed by atoms with Crippen molar-refractivity contribution in [3.63, 3.8) is 0 Å². The van der Waals surface area contributed by atoms with Gasteiger partial charge in [0.05, 0.1) is 0 Å². The van der Waals surface area contributed by atoms with Crippen LogP contribution in [0.4, 0.5) is 9.18 Å². The van der Waals surface area contributed by atoms with Crippen LogP contribution in [0.5, 0.6) is 0 Å².